The molecular formula is C4H6N2O3. The van der Waals surface area contributed by atoms with Crippen LogP contribution >= 0.6 is 0 Å². The molecule has 5 nitrogen and oxygen atoms in total. The molecule has 0 fully saturated rings. The van der Waals surface area contributed by atoms with Gasteiger partial charge in [-0.05, 0) is 0 Å². The fourth-order valence-electron chi connectivity index (χ4n) is 0.249. The summed E-state index contributed by atoms with van der Waals surface area (Å²) in [4.78, 5) is 20.1. The Morgan fingerprint density at radius 1 is 1.22 bits per heavy atom. The molecule has 0 unspecified atom stereocenters. The molecule has 0 aromatic heterocycles. The van der Waals surface area contributed by atoms with Crippen LogP contribution in [-0.2, 0) is 9.59 Å². The van der Waals surface area contributed by atoms with Crippen LogP contribution in [0.15, 0.2) is 11.8 Å². The largest absolute Gasteiger partial charge is 0.515 e. The molecule has 5 N–H and O–H groups in total. The van der Waals surface area contributed by atoms with Crippen LogP contribution in [0.2, 0.25) is 0 Å². The van der Waals surface area contributed by atoms with Crippen LogP contribution in [-0.4, -0.2) is 16.9 Å². The van der Waals surface area contributed by atoms with Crippen molar-refractivity contribution in [3.8, 4) is 0 Å². The summed E-state index contributed by atoms with van der Waals surface area (Å²) < 4.78 is 0. The number of nitrogens with two attached hydrogens (primary N) is 2. The standard InChI is InChI=1S/C4H6N2O3/c5-3(8)2(1-7)4(6)9/h1,7H,(H2,5,8)(H2,6,9). The van der Waals surface area contributed by atoms with E-state index in [1.54, 1.807) is 0 Å². The van der Waals surface area contributed by atoms with Crippen LogP contribution in [0, 0.1) is 0 Å². The van der Waals surface area contributed by atoms with E-state index >= 15 is 0 Å². The van der Waals surface area contributed by atoms with Crippen molar-refractivity contribution < 1.29 is 14.7 Å². The third kappa shape index (κ3) is 1.81. The van der Waals surface area contributed by atoms with E-state index in [0.29, 0.717) is 0 Å². The monoisotopic (exact) mass is 130 g/mol. The van der Waals surface area contributed by atoms with Crippen molar-refractivity contribution in [2.75, 3.05) is 0 Å². The fraction of sp³-hybridized carbons (Fsp3) is 0. The molecule has 9 heavy (non-hydrogen) atoms. The SMILES string of the molecule is NC(=O)C(=CO)C(N)=O. The number of hydrogen-bond acceptors (Lipinski definition) is 3. The van der Waals surface area contributed by atoms with Crippen molar-refractivity contribution >= 4 is 11.8 Å². The first-order valence-electron chi connectivity index (χ1n) is 2.03. The van der Waals surface area contributed by atoms with Gasteiger partial charge in [0.1, 0.15) is 5.57 Å². The lowest BCUT2D eigenvalue weighted by molar-refractivity contribution is -0.120. The Bertz CT molecular complexity index is 157. The van der Waals surface area contributed by atoms with Crippen LogP contribution in [0.4, 0.5) is 0 Å². The quantitative estimate of drug-likeness (QED) is 0.181. The Morgan fingerprint density at radius 3 is 1.56 bits per heavy atom. The van der Waals surface area contributed by atoms with Crippen LogP contribution in [0.5, 0.6) is 0 Å². The Hall–Kier alpha value is -1.52. The van der Waals surface area contributed by atoms with Crippen LogP contribution in [0.3, 0.4) is 0 Å². The van der Waals surface area contributed by atoms with Gasteiger partial charge in [-0.25, -0.2) is 0 Å². The Kier molecular flexibility index (Phi) is 2.25. The van der Waals surface area contributed by atoms with Crippen molar-refractivity contribution in [3.63, 3.8) is 0 Å². The molecular weight excluding hydrogens is 124 g/mol. The lowest BCUT2D eigenvalue weighted by atomic mass is 10.3. The fourth-order valence-corrected chi connectivity index (χ4v) is 0.249. The van der Waals surface area contributed by atoms with Crippen molar-refractivity contribution in [1.29, 1.82) is 0 Å². The zero-order valence-electron chi connectivity index (χ0n) is 4.50. The first-order chi connectivity index (χ1) is 4.09. The molecule has 0 aliphatic heterocycles. The summed E-state index contributed by atoms with van der Waals surface area (Å²) in [7, 11) is 0. The van der Waals surface area contributed by atoms with Gasteiger partial charge in [0, 0.05) is 0 Å². The van der Waals surface area contributed by atoms with Gasteiger partial charge in [-0.2, -0.15) is 0 Å². The normalized spacial score (nSPS) is 8.00. The molecule has 0 saturated heterocycles. The highest BCUT2D eigenvalue weighted by Gasteiger charge is 2.10. The van der Waals surface area contributed by atoms with Gasteiger partial charge in [-0.3, -0.25) is 9.59 Å². The zero-order valence-corrected chi connectivity index (χ0v) is 4.50. The molecule has 0 heterocycles. The average Bonchev–Trinajstić information content (AvgIpc) is 1.64. The topological polar surface area (TPSA) is 106 Å². The van der Waals surface area contributed by atoms with Crippen molar-refractivity contribution in [2.24, 2.45) is 11.5 Å². The van der Waals surface area contributed by atoms with Crippen LogP contribution in [0.1, 0.15) is 0 Å². The maximum Gasteiger partial charge on any atom is 0.257 e. The predicted octanol–water partition coefficient (Wildman–Crippen LogP) is -1.60. The molecule has 0 spiro atoms. The minimum atomic E-state index is -1.04. The predicted molar refractivity (Wildman–Crippen MR) is 29.1 cm³/mol. The number of carbonyl (C=O) groups is 2. The number of rotatable bonds is 2. The summed E-state index contributed by atoms with van der Waals surface area (Å²) in [6, 6.07) is 0. The first-order valence-corrected chi connectivity index (χ1v) is 2.03. The molecule has 0 saturated carbocycles. The lowest BCUT2D eigenvalue weighted by Gasteiger charge is -1.90. The van der Waals surface area contributed by atoms with Gasteiger partial charge in [0.2, 0.25) is 0 Å². The molecule has 0 bridgehead atoms. The molecule has 0 aromatic carbocycles. The summed E-state index contributed by atoms with van der Waals surface area (Å²) in [6.07, 6.45) is 0.282. The minimum absolute atomic E-state index is 0.282. The number of amides is 2. The highest BCUT2D eigenvalue weighted by atomic mass is 16.2. The van der Waals surface area contributed by atoms with E-state index in [4.69, 9.17) is 5.11 Å². The van der Waals surface area contributed by atoms with Crippen LogP contribution < -0.4 is 11.5 Å². The van der Waals surface area contributed by atoms with E-state index in [-0.39, 0.29) is 6.26 Å². The molecule has 2 amide bonds. The number of primary amides is 2. The number of aliphatic hydroxyl groups is 1. The van der Waals surface area contributed by atoms with Gasteiger partial charge in [0.25, 0.3) is 11.8 Å². The maximum atomic E-state index is 10.1. The molecule has 50 valence electrons. The third-order valence-electron chi connectivity index (χ3n) is 0.660. The number of aliphatic hydroxyl groups excluding tert-OH is 1. The van der Waals surface area contributed by atoms with Crippen molar-refractivity contribution in [2.45, 2.75) is 0 Å². The first kappa shape index (κ1) is 7.48. The van der Waals surface area contributed by atoms with Gasteiger partial charge < -0.3 is 16.6 Å². The van der Waals surface area contributed by atoms with Gasteiger partial charge >= 0.3 is 0 Å². The average molecular weight is 130 g/mol. The Balaban J connectivity index is 4.38. The van der Waals surface area contributed by atoms with Crippen LogP contribution in [0.25, 0.3) is 0 Å². The van der Waals surface area contributed by atoms with E-state index in [2.05, 4.69) is 11.5 Å². The summed E-state index contributed by atoms with van der Waals surface area (Å²) in [5, 5.41) is 8.10. The maximum absolute atomic E-state index is 10.1. The van der Waals surface area contributed by atoms with E-state index in [0.717, 1.165) is 0 Å². The summed E-state index contributed by atoms with van der Waals surface area (Å²) >= 11 is 0. The summed E-state index contributed by atoms with van der Waals surface area (Å²) in [5.74, 6) is -2.07. The third-order valence-corrected chi connectivity index (χ3v) is 0.660. The minimum Gasteiger partial charge on any atom is -0.515 e. The van der Waals surface area contributed by atoms with Gasteiger partial charge in [-0.1, -0.05) is 0 Å². The van der Waals surface area contributed by atoms with Crippen molar-refractivity contribution in [1.82, 2.24) is 0 Å². The second-order valence-electron chi connectivity index (χ2n) is 1.27. The van der Waals surface area contributed by atoms with Crippen molar-refractivity contribution in [3.05, 3.63) is 11.8 Å². The number of hydrogen-bond donors (Lipinski definition) is 3. The molecule has 0 atom stereocenters. The lowest BCUT2D eigenvalue weighted by Crippen LogP contribution is -2.25. The van der Waals surface area contributed by atoms with Gasteiger partial charge in [0.05, 0.1) is 6.26 Å². The number of carbonyl (C=O) groups excluding carboxylic acids is 2. The molecule has 0 radical (unpaired) electrons. The van der Waals surface area contributed by atoms with E-state index in [1.807, 2.05) is 0 Å². The van der Waals surface area contributed by atoms with Gasteiger partial charge in [-0.15, -0.1) is 0 Å². The summed E-state index contributed by atoms with van der Waals surface area (Å²) in [6.45, 7) is 0. The molecule has 0 rings (SSSR count). The van der Waals surface area contributed by atoms with E-state index in [1.165, 1.54) is 0 Å². The highest BCUT2D eigenvalue weighted by molar-refractivity contribution is 6.16. The van der Waals surface area contributed by atoms with E-state index < -0.39 is 17.4 Å². The second kappa shape index (κ2) is 2.71. The smallest absolute Gasteiger partial charge is 0.257 e. The summed E-state index contributed by atoms with van der Waals surface area (Å²) in [5.41, 5.74) is 8.56. The van der Waals surface area contributed by atoms with E-state index in [9.17, 15) is 9.59 Å². The Morgan fingerprint density at radius 2 is 1.56 bits per heavy atom. The van der Waals surface area contributed by atoms with Gasteiger partial charge in [0.15, 0.2) is 0 Å². The highest BCUT2D eigenvalue weighted by Crippen LogP contribution is 1.86. The molecule has 5 heteroatoms. The molecule has 0 aliphatic carbocycles. The second-order valence-corrected chi connectivity index (χ2v) is 1.27. The molecule has 0 aromatic rings. The Labute approximate surface area is 50.9 Å². The molecule has 0 aliphatic rings. The zero-order chi connectivity index (χ0) is 7.44.